The van der Waals surface area contributed by atoms with Gasteiger partial charge in [-0.15, -0.1) is 0 Å². The molecule has 0 aliphatic heterocycles. The summed E-state index contributed by atoms with van der Waals surface area (Å²) < 4.78 is 12.1. The van der Waals surface area contributed by atoms with Crippen molar-refractivity contribution in [3.63, 3.8) is 0 Å². The highest BCUT2D eigenvalue weighted by Gasteiger charge is 2.24. The van der Waals surface area contributed by atoms with Crippen molar-refractivity contribution >= 4 is 56.3 Å². The number of ether oxygens (including phenoxy) is 2. The molecule has 2 aromatic carbocycles. The van der Waals surface area contributed by atoms with Gasteiger partial charge in [0.2, 0.25) is 5.75 Å². The first-order chi connectivity index (χ1) is 17.8. The van der Waals surface area contributed by atoms with Crippen LogP contribution in [-0.4, -0.2) is 40.0 Å². The van der Waals surface area contributed by atoms with Crippen LogP contribution in [0.5, 0.6) is 5.75 Å². The van der Waals surface area contributed by atoms with Crippen molar-refractivity contribution in [2.24, 2.45) is 5.10 Å². The van der Waals surface area contributed by atoms with E-state index < -0.39 is 23.2 Å². The molecule has 1 aliphatic carbocycles. The fraction of sp³-hybridized carbons (Fsp3) is 0.360. The van der Waals surface area contributed by atoms with Crippen LogP contribution in [-0.2, 0) is 9.53 Å². The van der Waals surface area contributed by atoms with E-state index >= 15 is 0 Å². The van der Waals surface area contributed by atoms with Crippen LogP contribution in [0.1, 0.15) is 56.3 Å². The quantitative estimate of drug-likeness (QED) is 0.145. The van der Waals surface area contributed by atoms with Gasteiger partial charge >= 0.3 is 11.7 Å². The van der Waals surface area contributed by atoms with E-state index in [1.807, 2.05) is 6.07 Å². The van der Waals surface area contributed by atoms with Crippen molar-refractivity contribution in [2.45, 2.75) is 44.9 Å². The average Bonchev–Trinajstić information content (AvgIpc) is 2.88. The van der Waals surface area contributed by atoms with Gasteiger partial charge in [-0.05, 0) is 44.0 Å². The van der Waals surface area contributed by atoms with Crippen molar-refractivity contribution in [2.75, 3.05) is 13.2 Å². The van der Waals surface area contributed by atoms with E-state index in [2.05, 4.69) is 21.0 Å². The summed E-state index contributed by atoms with van der Waals surface area (Å²) in [6.07, 6.45) is 6.33. The third-order valence-electron chi connectivity index (χ3n) is 6.01. The fourth-order valence-electron chi connectivity index (χ4n) is 4.31. The first kappa shape index (κ1) is 26.7. The van der Waals surface area contributed by atoms with E-state index in [4.69, 9.17) is 26.1 Å². The van der Waals surface area contributed by atoms with Gasteiger partial charge in [-0.1, -0.05) is 46.8 Å². The van der Waals surface area contributed by atoms with E-state index in [9.17, 15) is 19.7 Å². The molecule has 0 unspecified atom stereocenters. The van der Waals surface area contributed by atoms with Gasteiger partial charge in [0.15, 0.2) is 6.61 Å². The zero-order valence-electron chi connectivity index (χ0n) is 20.0. The number of aromatic nitrogens is 2. The van der Waals surface area contributed by atoms with Gasteiger partial charge < -0.3 is 9.47 Å². The van der Waals surface area contributed by atoms with Gasteiger partial charge in [0.05, 0.1) is 33.7 Å². The molecule has 0 atom stereocenters. The lowest BCUT2D eigenvalue weighted by Crippen LogP contribution is -2.25. The monoisotopic (exact) mass is 590 g/mol. The van der Waals surface area contributed by atoms with E-state index in [0.29, 0.717) is 16.7 Å². The smallest absolute Gasteiger partial charge is 0.344 e. The molecule has 0 N–H and O–H groups in total. The molecule has 1 aromatic heterocycles. The van der Waals surface area contributed by atoms with E-state index in [0.717, 1.165) is 36.6 Å². The zero-order chi connectivity index (χ0) is 26.5. The van der Waals surface area contributed by atoms with Crippen molar-refractivity contribution in [1.29, 1.82) is 0 Å². The first-order valence-electron chi connectivity index (χ1n) is 11.8. The highest BCUT2D eigenvalue weighted by molar-refractivity contribution is 9.10. The Morgan fingerprint density at radius 1 is 1.30 bits per heavy atom. The molecule has 1 heterocycles. The Hall–Kier alpha value is -3.31. The minimum absolute atomic E-state index is 0.0724. The first-order valence-corrected chi connectivity index (χ1v) is 13.0. The molecule has 10 nitrogen and oxygen atoms in total. The zero-order valence-corrected chi connectivity index (χ0v) is 22.3. The Morgan fingerprint density at radius 2 is 2.05 bits per heavy atom. The largest absolute Gasteiger partial charge is 0.474 e. The minimum Gasteiger partial charge on any atom is -0.474 e. The summed E-state index contributed by atoms with van der Waals surface area (Å²) >= 11 is 9.67. The van der Waals surface area contributed by atoms with Gasteiger partial charge in [-0.3, -0.25) is 14.9 Å². The molecule has 4 rings (SSSR count). The number of nitro benzene ring substituents is 1. The number of esters is 1. The number of hydrogen-bond donors (Lipinski definition) is 0. The molecule has 0 amide bonds. The summed E-state index contributed by atoms with van der Waals surface area (Å²) in [5, 5.41) is 16.4. The molecule has 0 radical (unpaired) electrons. The van der Waals surface area contributed by atoms with E-state index in [1.165, 1.54) is 23.0 Å². The third-order valence-corrected chi connectivity index (χ3v) is 6.78. The van der Waals surface area contributed by atoms with Gasteiger partial charge in [-0.2, -0.15) is 9.78 Å². The van der Waals surface area contributed by atoms with Gasteiger partial charge in [0.25, 0.3) is 5.56 Å². The summed E-state index contributed by atoms with van der Waals surface area (Å²) in [5.74, 6) is -0.299. The number of nitrogens with zero attached hydrogens (tertiary/aromatic N) is 4. The maximum atomic E-state index is 13.5. The Labute approximate surface area is 225 Å². The highest BCUT2D eigenvalue weighted by atomic mass is 79.9. The van der Waals surface area contributed by atoms with E-state index in [1.54, 1.807) is 19.1 Å². The maximum absolute atomic E-state index is 13.5. The lowest BCUT2D eigenvalue weighted by atomic mass is 9.88. The lowest BCUT2D eigenvalue weighted by Gasteiger charge is -2.22. The van der Waals surface area contributed by atoms with Crippen LogP contribution < -0.4 is 10.3 Å². The third kappa shape index (κ3) is 6.16. The van der Waals surface area contributed by atoms with Crippen molar-refractivity contribution < 1.29 is 19.2 Å². The summed E-state index contributed by atoms with van der Waals surface area (Å²) in [4.78, 5) is 40.9. The van der Waals surface area contributed by atoms with Crippen LogP contribution in [0.4, 0.5) is 5.69 Å². The fourth-order valence-corrected chi connectivity index (χ4v) is 4.95. The molecule has 1 saturated carbocycles. The Balaban J connectivity index is 1.75. The number of carbonyl (C=O) groups is 1. The second-order valence-electron chi connectivity index (χ2n) is 8.53. The summed E-state index contributed by atoms with van der Waals surface area (Å²) in [6.45, 7) is 1.26. The normalized spacial score (nSPS) is 14.2. The number of hydrogen-bond acceptors (Lipinski definition) is 8. The molecule has 0 spiro atoms. The van der Waals surface area contributed by atoms with Crippen LogP contribution in [0.25, 0.3) is 10.9 Å². The minimum atomic E-state index is -0.677. The highest BCUT2D eigenvalue weighted by Crippen LogP contribution is 2.36. The number of benzene rings is 2. The molecule has 3 aromatic rings. The van der Waals surface area contributed by atoms with Crippen molar-refractivity contribution in [1.82, 2.24) is 9.66 Å². The van der Waals surface area contributed by atoms with Gasteiger partial charge in [0, 0.05) is 22.0 Å². The number of carbonyl (C=O) groups excluding carboxylic acids is 1. The maximum Gasteiger partial charge on any atom is 0.344 e. The summed E-state index contributed by atoms with van der Waals surface area (Å²) in [7, 11) is 0. The molecule has 0 saturated heterocycles. The average molecular weight is 592 g/mol. The predicted octanol–water partition coefficient (Wildman–Crippen LogP) is 5.59. The SMILES string of the molecule is CCOC(=O)COc1c(Cl)cc(C=Nn2c(C3CCCCC3)nc3ccc(Br)cc3c2=O)cc1[N+](=O)[O-]. The molecular formula is C25H24BrClN4O6. The molecule has 194 valence electrons. The molecule has 1 fully saturated rings. The topological polar surface area (TPSA) is 126 Å². The lowest BCUT2D eigenvalue weighted by molar-refractivity contribution is -0.385. The molecule has 37 heavy (non-hydrogen) atoms. The van der Waals surface area contributed by atoms with Crippen molar-refractivity contribution in [3.05, 3.63) is 71.7 Å². The summed E-state index contributed by atoms with van der Waals surface area (Å²) in [6, 6.07) is 7.94. The second-order valence-corrected chi connectivity index (χ2v) is 9.85. The predicted molar refractivity (Wildman–Crippen MR) is 143 cm³/mol. The summed E-state index contributed by atoms with van der Waals surface area (Å²) in [5.41, 5.74) is 0.0785. The number of halogens is 2. The number of fused-ring (bicyclic) bond motifs is 1. The Morgan fingerprint density at radius 3 is 2.76 bits per heavy atom. The molecule has 1 aliphatic rings. The van der Waals surface area contributed by atoms with Crippen molar-refractivity contribution in [3.8, 4) is 5.75 Å². The van der Waals surface area contributed by atoms with Gasteiger partial charge in [-0.25, -0.2) is 9.78 Å². The van der Waals surface area contributed by atoms with Crippen LogP contribution in [0.2, 0.25) is 5.02 Å². The number of nitro groups is 1. The Kier molecular flexibility index (Phi) is 8.55. The molecule has 0 bridgehead atoms. The van der Waals surface area contributed by atoms with E-state index in [-0.39, 0.29) is 34.4 Å². The van der Waals surface area contributed by atoms with Crippen LogP contribution in [0.3, 0.4) is 0 Å². The van der Waals surface area contributed by atoms with Crippen LogP contribution in [0.15, 0.2) is 44.7 Å². The number of rotatable bonds is 8. The Bertz CT molecular complexity index is 1430. The second kappa shape index (κ2) is 11.8. The van der Waals surface area contributed by atoms with Crippen LogP contribution in [0, 0.1) is 10.1 Å². The molecule has 12 heteroatoms. The van der Waals surface area contributed by atoms with Crippen LogP contribution >= 0.6 is 27.5 Å². The standard InChI is InChI=1S/C25H24BrClN4O6/c1-2-36-22(32)14-37-23-19(27)10-15(11-21(23)31(34)35)13-28-30-24(16-6-4-3-5-7-16)29-20-9-8-17(26)12-18(20)25(30)33/h8-13,16H,2-7,14H2,1H3. The van der Waals surface area contributed by atoms with Gasteiger partial charge in [0.1, 0.15) is 5.82 Å². The molecular weight excluding hydrogens is 568 g/mol.